The molecule has 0 unspecified atom stereocenters. The third-order valence-corrected chi connectivity index (χ3v) is 3.87. The van der Waals surface area contributed by atoms with Crippen molar-refractivity contribution < 1.29 is 9.53 Å². The summed E-state index contributed by atoms with van der Waals surface area (Å²) in [6.45, 7) is 0. The zero-order chi connectivity index (χ0) is 14.0. The molecular weight excluding hydrogens is 280 g/mol. The minimum absolute atomic E-state index is 0.0872. The highest BCUT2D eigenvalue weighted by Gasteiger charge is 2.33. The summed E-state index contributed by atoms with van der Waals surface area (Å²) in [4.78, 5) is 12.8. The summed E-state index contributed by atoms with van der Waals surface area (Å²) in [6.07, 6.45) is 1.84. The highest BCUT2D eigenvalue weighted by atomic mass is 32.2. The third-order valence-electron chi connectivity index (χ3n) is 2.59. The number of ether oxygens (including phenoxy) is 1. The van der Waals surface area contributed by atoms with E-state index in [4.69, 9.17) is 17.0 Å². The fourth-order valence-electron chi connectivity index (χ4n) is 1.66. The molecule has 4 nitrogen and oxygen atoms in total. The van der Waals surface area contributed by atoms with Gasteiger partial charge >= 0.3 is 0 Å². The second-order valence-electron chi connectivity index (χ2n) is 4.11. The third kappa shape index (κ3) is 2.97. The van der Waals surface area contributed by atoms with Gasteiger partial charge < -0.3 is 4.74 Å². The molecule has 0 saturated carbocycles. The summed E-state index contributed by atoms with van der Waals surface area (Å²) in [7, 11) is 5.21. The number of rotatable bonds is 3. The van der Waals surface area contributed by atoms with E-state index in [2.05, 4.69) is 0 Å². The standard InChI is InChI=1S/C13H14N2O2S2/c1-14(2)15-12(16)11(19-13(15)18)8-9-4-6-10(17-3)7-5-9/h4-8H,1-3H3. The van der Waals surface area contributed by atoms with Gasteiger partial charge in [-0.05, 0) is 23.8 Å². The van der Waals surface area contributed by atoms with Crippen molar-refractivity contribution in [3.8, 4) is 5.75 Å². The normalized spacial score (nSPS) is 17.7. The van der Waals surface area contributed by atoms with Gasteiger partial charge in [-0.15, -0.1) is 0 Å². The lowest BCUT2D eigenvalue weighted by atomic mass is 10.2. The van der Waals surface area contributed by atoms with E-state index in [0.717, 1.165) is 11.3 Å². The van der Waals surface area contributed by atoms with E-state index in [0.29, 0.717) is 9.23 Å². The topological polar surface area (TPSA) is 32.8 Å². The second kappa shape index (κ2) is 5.73. The summed E-state index contributed by atoms with van der Waals surface area (Å²) >= 11 is 6.50. The van der Waals surface area contributed by atoms with E-state index in [9.17, 15) is 4.79 Å². The highest BCUT2D eigenvalue weighted by Crippen LogP contribution is 2.32. The molecule has 1 aliphatic rings. The first-order valence-electron chi connectivity index (χ1n) is 5.62. The number of carbonyl (C=O) groups excluding carboxylic acids is 1. The van der Waals surface area contributed by atoms with Crippen LogP contribution in [0.15, 0.2) is 29.2 Å². The summed E-state index contributed by atoms with van der Waals surface area (Å²) in [5.41, 5.74) is 0.944. The predicted octanol–water partition coefficient (Wildman–Crippen LogP) is 2.37. The first-order chi connectivity index (χ1) is 9.02. The Hall–Kier alpha value is -1.37. The van der Waals surface area contributed by atoms with Crippen LogP contribution in [-0.4, -0.2) is 41.5 Å². The lowest BCUT2D eigenvalue weighted by Gasteiger charge is -2.21. The van der Waals surface area contributed by atoms with E-state index < -0.39 is 0 Å². The largest absolute Gasteiger partial charge is 0.497 e. The molecule has 1 saturated heterocycles. The first-order valence-corrected chi connectivity index (χ1v) is 6.84. The molecule has 1 heterocycles. The molecule has 19 heavy (non-hydrogen) atoms. The highest BCUT2D eigenvalue weighted by molar-refractivity contribution is 8.26. The SMILES string of the molecule is COc1ccc(C=C2SC(=S)N(N(C)C)C2=O)cc1. The van der Waals surface area contributed by atoms with Crippen LogP contribution in [0.2, 0.25) is 0 Å². The van der Waals surface area contributed by atoms with Crippen LogP contribution in [0.25, 0.3) is 6.08 Å². The van der Waals surface area contributed by atoms with Crippen LogP contribution in [0.4, 0.5) is 0 Å². The maximum Gasteiger partial charge on any atom is 0.280 e. The van der Waals surface area contributed by atoms with Gasteiger partial charge in [0.15, 0.2) is 4.32 Å². The molecule has 2 rings (SSSR count). The molecule has 0 radical (unpaired) electrons. The number of hydrogen-bond donors (Lipinski definition) is 0. The zero-order valence-corrected chi connectivity index (χ0v) is 12.5. The van der Waals surface area contributed by atoms with Gasteiger partial charge in [-0.2, -0.15) is 0 Å². The first kappa shape index (κ1) is 14.0. The average molecular weight is 294 g/mol. The van der Waals surface area contributed by atoms with Gasteiger partial charge in [-0.1, -0.05) is 36.1 Å². The average Bonchev–Trinajstić information content (AvgIpc) is 2.65. The molecule has 1 fully saturated rings. The minimum Gasteiger partial charge on any atom is -0.497 e. The fraction of sp³-hybridized carbons (Fsp3) is 0.231. The van der Waals surface area contributed by atoms with Gasteiger partial charge in [0.2, 0.25) is 0 Å². The van der Waals surface area contributed by atoms with Gasteiger partial charge in [0.25, 0.3) is 5.91 Å². The van der Waals surface area contributed by atoms with Crippen LogP contribution < -0.4 is 4.74 Å². The van der Waals surface area contributed by atoms with Crippen LogP contribution in [0.1, 0.15) is 5.56 Å². The molecule has 0 N–H and O–H groups in total. The van der Waals surface area contributed by atoms with Crippen molar-refractivity contribution >= 4 is 40.3 Å². The Kier molecular flexibility index (Phi) is 4.24. The Morgan fingerprint density at radius 1 is 1.32 bits per heavy atom. The van der Waals surface area contributed by atoms with E-state index in [-0.39, 0.29) is 5.91 Å². The predicted molar refractivity (Wildman–Crippen MR) is 81.7 cm³/mol. The van der Waals surface area contributed by atoms with E-state index in [1.54, 1.807) is 26.2 Å². The van der Waals surface area contributed by atoms with Gasteiger partial charge in [0.1, 0.15) is 5.75 Å². The van der Waals surface area contributed by atoms with Gasteiger partial charge in [0.05, 0.1) is 12.0 Å². The number of amides is 1. The lowest BCUT2D eigenvalue weighted by Crippen LogP contribution is -2.39. The molecule has 1 amide bonds. The smallest absolute Gasteiger partial charge is 0.280 e. The Morgan fingerprint density at radius 3 is 2.42 bits per heavy atom. The minimum atomic E-state index is -0.0872. The number of benzene rings is 1. The van der Waals surface area contributed by atoms with Crippen molar-refractivity contribution in [2.75, 3.05) is 21.2 Å². The van der Waals surface area contributed by atoms with E-state index >= 15 is 0 Å². The van der Waals surface area contributed by atoms with Crippen molar-refractivity contribution in [2.45, 2.75) is 0 Å². The fourth-order valence-corrected chi connectivity index (χ4v) is 3.06. The van der Waals surface area contributed by atoms with Crippen LogP contribution in [-0.2, 0) is 4.79 Å². The second-order valence-corrected chi connectivity index (χ2v) is 5.79. The monoisotopic (exact) mass is 294 g/mol. The van der Waals surface area contributed by atoms with Crippen LogP contribution in [0, 0.1) is 0 Å². The van der Waals surface area contributed by atoms with Crippen LogP contribution >= 0.6 is 24.0 Å². The molecule has 1 aromatic carbocycles. The molecule has 6 heteroatoms. The summed E-state index contributed by atoms with van der Waals surface area (Å²) in [6, 6.07) is 7.53. The van der Waals surface area contributed by atoms with Crippen molar-refractivity contribution in [1.82, 2.24) is 10.0 Å². The van der Waals surface area contributed by atoms with Gasteiger partial charge in [-0.25, -0.2) is 10.0 Å². The molecule has 1 aliphatic heterocycles. The Bertz CT molecular complexity index is 538. The number of hydrazine groups is 1. The Balaban J connectivity index is 2.24. The molecule has 0 aromatic heterocycles. The number of methoxy groups -OCH3 is 1. The van der Waals surface area contributed by atoms with Crippen molar-refractivity contribution in [3.63, 3.8) is 0 Å². The van der Waals surface area contributed by atoms with Crippen LogP contribution in [0.3, 0.4) is 0 Å². The Labute approximate surface area is 122 Å². The summed E-state index contributed by atoms with van der Waals surface area (Å²) in [5, 5.41) is 3.17. The van der Waals surface area contributed by atoms with Gasteiger partial charge in [0, 0.05) is 14.1 Å². The number of thioether (sulfide) groups is 1. The zero-order valence-electron chi connectivity index (χ0n) is 10.9. The quantitative estimate of drug-likeness (QED) is 0.631. The number of nitrogens with zero attached hydrogens (tertiary/aromatic N) is 2. The molecular formula is C13H14N2O2S2. The molecule has 0 spiro atoms. The molecule has 0 atom stereocenters. The van der Waals surface area contributed by atoms with Crippen molar-refractivity contribution in [1.29, 1.82) is 0 Å². The summed E-state index contributed by atoms with van der Waals surface area (Å²) < 4.78 is 5.65. The van der Waals surface area contributed by atoms with Gasteiger partial charge in [-0.3, -0.25) is 4.79 Å². The van der Waals surface area contributed by atoms with E-state index in [1.807, 2.05) is 30.3 Å². The molecule has 1 aromatic rings. The number of carbonyl (C=O) groups is 1. The van der Waals surface area contributed by atoms with E-state index in [1.165, 1.54) is 16.8 Å². The number of thiocarbonyl (C=S) groups is 1. The van der Waals surface area contributed by atoms with Crippen molar-refractivity contribution in [2.24, 2.45) is 0 Å². The Morgan fingerprint density at radius 2 is 1.95 bits per heavy atom. The molecule has 0 aliphatic carbocycles. The summed E-state index contributed by atoms with van der Waals surface area (Å²) in [5.74, 6) is 0.703. The lowest BCUT2D eigenvalue weighted by molar-refractivity contribution is -0.130. The van der Waals surface area contributed by atoms with Crippen molar-refractivity contribution in [3.05, 3.63) is 34.7 Å². The maximum atomic E-state index is 12.2. The number of hydrogen-bond acceptors (Lipinski definition) is 5. The van der Waals surface area contributed by atoms with Crippen LogP contribution in [0.5, 0.6) is 5.75 Å². The molecule has 100 valence electrons. The maximum absolute atomic E-state index is 12.2. The molecule has 0 bridgehead atoms.